The van der Waals surface area contributed by atoms with Gasteiger partial charge in [-0.2, -0.15) is 5.10 Å². The predicted octanol–water partition coefficient (Wildman–Crippen LogP) is 0.935. The minimum atomic E-state index is -0.0264. The molecule has 0 aliphatic rings. The molecule has 0 unspecified atom stereocenters. The summed E-state index contributed by atoms with van der Waals surface area (Å²) in [6.07, 6.45) is 0.268. The molecule has 1 rings (SSSR count). The standard InChI is InChI=1S/C9H14ClN3O/c1-3-13-8(4-7(14)5-11)9(10)6(2)12-13/h3-5,11H2,1-2H3. The Balaban J connectivity index is 2.99. The number of hydrogen-bond acceptors (Lipinski definition) is 3. The zero-order chi connectivity index (χ0) is 10.7. The van der Waals surface area contributed by atoms with E-state index in [-0.39, 0.29) is 18.7 Å². The van der Waals surface area contributed by atoms with E-state index in [1.807, 2.05) is 13.8 Å². The second-order valence-corrected chi connectivity index (χ2v) is 3.46. The van der Waals surface area contributed by atoms with Crippen LogP contribution in [0.3, 0.4) is 0 Å². The molecule has 0 bridgehead atoms. The van der Waals surface area contributed by atoms with Crippen molar-refractivity contribution < 1.29 is 4.79 Å². The van der Waals surface area contributed by atoms with Gasteiger partial charge in [-0.25, -0.2) is 0 Å². The van der Waals surface area contributed by atoms with Crippen molar-refractivity contribution >= 4 is 17.4 Å². The van der Waals surface area contributed by atoms with E-state index < -0.39 is 0 Å². The number of Topliss-reactive ketones (excluding diaryl/α,β-unsaturated/α-hetero) is 1. The average Bonchev–Trinajstić information content (AvgIpc) is 2.45. The summed E-state index contributed by atoms with van der Waals surface area (Å²) in [7, 11) is 0. The van der Waals surface area contributed by atoms with E-state index in [1.54, 1.807) is 4.68 Å². The van der Waals surface area contributed by atoms with Gasteiger partial charge in [-0.3, -0.25) is 9.48 Å². The summed E-state index contributed by atoms with van der Waals surface area (Å²) >= 11 is 6.02. The lowest BCUT2D eigenvalue weighted by Gasteiger charge is -2.03. The van der Waals surface area contributed by atoms with Crippen LogP contribution in [-0.4, -0.2) is 22.1 Å². The van der Waals surface area contributed by atoms with Crippen molar-refractivity contribution in [2.45, 2.75) is 26.8 Å². The maximum absolute atomic E-state index is 11.2. The molecule has 78 valence electrons. The van der Waals surface area contributed by atoms with E-state index >= 15 is 0 Å². The van der Waals surface area contributed by atoms with Crippen LogP contribution in [0.25, 0.3) is 0 Å². The van der Waals surface area contributed by atoms with Gasteiger partial charge in [0.05, 0.1) is 29.4 Å². The second kappa shape index (κ2) is 4.57. The first-order valence-corrected chi connectivity index (χ1v) is 4.91. The molecule has 0 atom stereocenters. The number of nitrogens with two attached hydrogens (primary N) is 1. The number of carbonyl (C=O) groups excluding carboxylic acids is 1. The highest BCUT2D eigenvalue weighted by molar-refractivity contribution is 6.32. The zero-order valence-corrected chi connectivity index (χ0v) is 9.14. The highest BCUT2D eigenvalue weighted by Gasteiger charge is 2.14. The van der Waals surface area contributed by atoms with Gasteiger partial charge in [0.2, 0.25) is 0 Å². The van der Waals surface area contributed by atoms with Gasteiger partial charge in [0.1, 0.15) is 0 Å². The monoisotopic (exact) mass is 215 g/mol. The average molecular weight is 216 g/mol. The summed E-state index contributed by atoms with van der Waals surface area (Å²) in [6, 6.07) is 0. The Morgan fingerprint density at radius 3 is 2.79 bits per heavy atom. The normalized spacial score (nSPS) is 10.6. The number of aryl methyl sites for hydroxylation is 2. The van der Waals surface area contributed by atoms with E-state index in [4.69, 9.17) is 17.3 Å². The van der Waals surface area contributed by atoms with Crippen LogP contribution in [-0.2, 0) is 17.8 Å². The number of ketones is 1. The molecule has 1 heterocycles. The van der Waals surface area contributed by atoms with E-state index in [0.29, 0.717) is 11.6 Å². The van der Waals surface area contributed by atoms with E-state index in [9.17, 15) is 4.79 Å². The second-order valence-electron chi connectivity index (χ2n) is 3.08. The molecule has 0 aliphatic carbocycles. The highest BCUT2D eigenvalue weighted by atomic mass is 35.5. The largest absolute Gasteiger partial charge is 0.324 e. The molecular formula is C9H14ClN3O. The SMILES string of the molecule is CCn1nc(C)c(Cl)c1CC(=O)CN. The van der Waals surface area contributed by atoms with E-state index in [1.165, 1.54) is 0 Å². The van der Waals surface area contributed by atoms with Crippen molar-refractivity contribution in [2.24, 2.45) is 5.73 Å². The number of hydrogen-bond donors (Lipinski definition) is 1. The van der Waals surface area contributed by atoms with E-state index in [0.717, 1.165) is 11.4 Å². The van der Waals surface area contributed by atoms with Crippen LogP contribution in [0, 0.1) is 6.92 Å². The third kappa shape index (κ3) is 2.13. The van der Waals surface area contributed by atoms with Crippen LogP contribution in [0.15, 0.2) is 0 Å². The summed E-state index contributed by atoms with van der Waals surface area (Å²) in [4.78, 5) is 11.2. The Morgan fingerprint density at radius 1 is 1.64 bits per heavy atom. The zero-order valence-electron chi connectivity index (χ0n) is 8.38. The van der Waals surface area contributed by atoms with Gasteiger partial charge in [-0.05, 0) is 13.8 Å². The lowest BCUT2D eigenvalue weighted by atomic mass is 10.2. The van der Waals surface area contributed by atoms with Crippen LogP contribution >= 0.6 is 11.6 Å². The molecular weight excluding hydrogens is 202 g/mol. The van der Waals surface area contributed by atoms with Gasteiger partial charge in [-0.1, -0.05) is 11.6 Å². The van der Waals surface area contributed by atoms with Gasteiger partial charge in [-0.15, -0.1) is 0 Å². The van der Waals surface area contributed by atoms with E-state index in [2.05, 4.69) is 5.10 Å². The maximum atomic E-state index is 11.2. The molecule has 2 N–H and O–H groups in total. The van der Waals surface area contributed by atoms with Crippen molar-refractivity contribution in [3.05, 3.63) is 16.4 Å². The van der Waals surface area contributed by atoms with Crippen LogP contribution in [0.5, 0.6) is 0 Å². The van der Waals surface area contributed by atoms with Crippen molar-refractivity contribution in [1.82, 2.24) is 9.78 Å². The number of halogens is 1. The molecule has 0 spiro atoms. The maximum Gasteiger partial charge on any atom is 0.152 e. The fourth-order valence-electron chi connectivity index (χ4n) is 1.30. The Morgan fingerprint density at radius 2 is 2.29 bits per heavy atom. The predicted molar refractivity (Wildman–Crippen MR) is 55.4 cm³/mol. The van der Waals surface area contributed by atoms with Crippen LogP contribution in [0.4, 0.5) is 0 Å². The Labute approximate surface area is 88.0 Å². The number of nitrogens with zero attached hydrogens (tertiary/aromatic N) is 2. The highest BCUT2D eigenvalue weighted by Crippen LogP contribution is 2.20. The van der Waals surface area contributed by atoms with Crippen molar-refractivity contribution in [1.29, 1.82) is 0 Å². The van der Waals surface area contributed by atoms with Gasteiger partial charge >= 0.3 is 0 Å². The topological polar surface area (TPSA) is 60.9 Å². The Hall–Kier alpha value is -0.870. The van der Waals surface area contributed by atoms with Gasteiger partial charge in [0.25, 0.3) is 0 Å². The van der Waals surface area contributed by atoms with Crippen LogP contribution < -0.4 is 5.73 Å². The lowest BCUT2D eigenvalue weighted by Crippen LogP contribution is -2.18. The van der Waals surface area contributed by atoms with Crippen molar-refractivity contribution in [3.63, 3.8) is 0 Å². The molecule has 5 heteroatoms. The summed E-state index contributed by atoms with van der Waals surface area (Å²) in [5.74, 6) is -0.0264. The number of rotatable bonds is 4. The smallest absolute Gasteiger partial charge is 0.152 e. The molecule has 0 aliphatic heterocycles. The Bertz CT molecular complexity index is 346. The molecule has 0 amide bonds. The van der Waals surface area contributed by atoms with Gasteiger partial charge in [0, 0.05) is 6.54 Å². The first-order chi connectivity index (χ1) is 6.60. The Kier molecular flexibility index (Phi) is 3.66. The third-order valence-electron chi connectivity index (χ3n) is 2.05. The molecule has 1 aromatic heterocycles. The first kappa shape index (κ1) is 11.2. The van der Waals surface area contributed by atoms with Crippen LogP contribution in [0.1, 0.15) is 18.3 Å². The molecule has 1 aromatic rings. The fraction of sp³-hybridized carbons (Fsp3) is 0.556. The summed E-state index contributed by atoms with van der Waals surface area (Å²) in [5, 5.41) is 4.79. The minimum absolute atomic E-state index is 0.0264. The molecule has 0 saturated heterocycles. The quantitative estimate of drug-likeness (QED) is 0.813. The first-order valence-electron chi connectivity index (χ1n) is 4.53. The summed E-state index contributed by atoms with van der Waals surface area (Å²) in [6.45, 7) is 4.54. The van der Waals surface area contributed by atoms with Crippen molar-refractivity contribution in [2.75, 3.05) is 6.54 Å². The lowest BCUT2D eigenvalue weighted by molar-refractivity contribution is -0.117. The summed E-state index contributed by atoms with van der Waals surface area (Å²) < 4.78 is 1.74. The summed E-state index contributed by atoms with van der Waals surface area (Å²) in [5.41, 5.74) is 6.77. The molecule has 0 fully saturated rings. The molecule has 0 radical (unpaired) electrons. The van der Waals surface area contributed by atoms with Crippen molar-refractivity contribution in [3.8, 4) is 0 Å². The van der Waals surface area contributed by atoms with Gasteiger partial charge in [0.15, 0.2) is 5.78 Å². The molecule has 14 heavy (non-hydrogen) atoms. The number of aromatic nitrogens is 2. The van der Waals surface area contributed by atoms with Gasteiger partial charge < -0.3 is 5.73 Å². The van der Waals surface area contributed by atoms with Crippen LogP contribution in [0.2, 0.25) is 5.02 Å². The number of carbonyl (C=O) groups is 1. The molecule has 4 nitrogen and oxygen atoms in total. The minimum Gasteiger partial charge on any atom is -0.324 e. The third-order valence-corrected chi connectivity index (χ3v) is 2.54. The molecule has 0 aromatic carbocycles. The molecule has 0 saturated carbocycles. The fourth-order valence-corrected chi connectivity index (χ4v) is 1.50.